The Morgan fingerprint density at radius 3 is 2.84 bits per heavy atom. The first-order valence-corrected chi connectivity index (χ1v) is 6.05. The van der Waals surface area contributed by atoms with Crippen molar-refractivity contribution < 1.29 is 9.66 Å². The van der Waals surface area contributed by atoms with Crippen molar-refractivity contribution in [2.75, 3.05) is 0 Å². The molecule has 0 aliphatic carbocycles. The monoisotopic (exact) mass is 281 g/mol. The molecule has 2 rings (SSSR count). The fraction of sp³-hybridized carbons (Fsp3) is 0.250. The van der Waals surface area contributed by atoms with Gasteiger partial charge in [0.15, 0.2) is 0 Å². The average molecular weight is 282 g/mol. The molecular formula is C12H12ClN3O3. The highest BCUT2D eigenvalue weighted by Crippen LogP contribution is 2.31. The molecule has 0 atom stereocenters. The second-order valence-electron chi connectivity index (χ2n) is 3.95. The van der Waals surface area contributed by atoms with Crippen LogP contribution in [0.5, 0.6) is 11.6 Å². The van der Waals surface area contributed by atoms with Gasteiger partial charge < -0.3 is 4.74 Å². The van der Waals surface area contributed by atoms with Crippen LogP contribution >= 0.6 is 11.6 Å². The van der Waals surface area contributed by atoms with Crippen molar-refractivity contribution in [1.82, 2.24) is 9.78 Å². The Morgan fingerprint density at radius 1 is 1.53 bits per heavy atom. The van der Waals surface area contributed by atoms with Gasteiger partial charge in [-0.2, -0.15) is 0 Å². The first kappa shape index (κ1) is 13.4. The summed E-state index contributed by atoms with van der Waals surface area (Å²) < 4.78 is 6.91. The fourth-order valence-corrected chi connectivity index (χ4v) is 1.66. The SMILES string of the molecule is CCn1cc([N+](=O)[O-])c(Oc2ccc(Cl)c(C)c2)n1. The number of nitrogens with zero attached hydrogens (tertiary/aromatic N) is 3. The highest BCUT2D eigenvalue weighted by molar-refractivity contribution is 6.31. The number of aryl methyl sites for hydroxylation is 2. The van der Waals surface area contributed by atoms with Gasteiger partial charge in [-0.15, -0.1) is 5.10 Å². The highest BCUT2D eigenvalue weighted by atomic mass is 35.5. The summed E-state index contributed by atoms with van der Waals surface area (Å²) in [4.78, 5) is 10.4. The van der Waals surface area contributed by atoms with Gasteiger partial charge in [0, 0.05) is 11.6 Å². The van der Waals surface area contributed by atoms with Crippen LogP contribution in [-0.4, -0.2) is 14.7 Å². The van der Waals surface area contributed by atoms with Gasteiger partial charge in [0.05, 0.1) is 4.92 Å². The predicted octanol–water partition coefficient (Wildman–Crippen LogP) is 3.57. The van der Waals surface area contributed by atoms with Crippen molar-refractivity contribution in [3.8, 4) is 11.6 Å². The molecule has 0 saturated carbocycles. The van der Waals surface area contributed by atoms with E-state index in [1.54, 1.807) is 18.2 Å². The van der Waals surface area contributed by atoms with Gasteiger partial charge in [-0.25, -0.2) is 0 Å². The van der Waals surface area contributed by atoms with Crippen LogP contribution in [-0.2, 0) is 6.54 Å². The molecule has 19 heavy (non-hydrogen) atoms. The quantitative estimate of drug-likeness (QED) is 0.634. The second-order valence-corrected chi connectivity index (χ2v) is 4.35. The van der Waals surface area contributed by atoms with Crippen LogP contribution in [0.1, 0.15) is 12.5 Å². The number of nitro groups is 1. The number of hydrogen-bond donors (Lipinski definition) is 0. The van der Waals surface area contributed by atoms with Crippen LogP contribution in [0.25, 0.3) is 0 Å². The summed E-state index contributed by atoms with van der Waals surface area (Å²) in [5, 5.41) is 15.5. The normalized spacial score (nSPS) is 10.5. The van der Waals surface area contributed by atoms with Gasteiger partial charge in [0.25, 0.3) is 0 Å². The molecule has 1 aromatic carbocycles. The molecule has 7 heteroatoms. The molecule has 0 saturated heterocycles. The minimum atomic E-state index is -0.517. The van der Waals surface area contributed by atoms with Gasteiger partial charge in [-0.05, 0) is 37.6 Å². The van der Waals surface area contributed by atoms with Crippen LogP contribution in [0, 0.1) is 17.0 Å². The summed E-state index contributed by atoms with van der Waals surface area (Å²) in [7, 11) is 0. The summed E-state index contributed by atoms with van der Waals surface area (Å²) in [5.41, 5.74) is 0.672. The third-order valence-electron chi connectivity index (χ3n) is 2.57. The van der Waals surface area contributed by atoms with Gasteiger partial charge in [0.2, 0.25) is 0 Å². The minimum Gasteiger partial charge on any atom is -0.433 e. The van der Waals surface area contributed by atoms with Crippen LogP contribution < -0.4 is 4.74 Å². The fourth-order valence-electron chi connectivity index (χ4n) is 1.55. The van der Waals surface area contributed by atoms with Gasteiger partial charge >= 0.3 is 11.6 Å². The lowest BCUT2D eigenvalue weighted by atomic mass is 10.2. The maximum absolute atomic E-state index is 10.9. The van der Waals surface area contributed by atoms with Gasteiger partial charge in [-0.3, -0.25) is 14.8 Å². The highest BCUT2D eigenvalue weighted by Gasteiger charge is 2.21. The van der Waals surface area contributed by atoms with E-state index in [2.05, 4.69) is 5.10 Å². The van der Waals surface area contributed by atoms with E-state index >= 15 is 0 Å². The lowest BCUT2D eigenvalue weighted by molar-refractivity contribution is -0.385. The van der Waals surface area contributed by atoms with Crippen molar-refractivity contribution in [3.05, 3.63) is 45.1 Å². The number of aromatic nitrogens is 2. The summed E-state index contributed by atoms with van der Waals surface area (Å²) in [6.45, 7) is 4.20. The number of ether oxygens (including phenoxy) is 1. The molecule has 100 valence electrons. The Bertz CT molecular complexity index is 625. The van der Waals surface area contributed by atoms with Gasteiger partial charge in [-0.1, -0.05) is 11.6 Å². The molecule has 1 aromatic heterocycles. The maximum atomic E-state index is 10.9. The molecule has 0 aliphatic heterocycles. The zero-order valence-corrected chi connectivity index (χ0v) is 11.2. The minimum absolute atomic E-state index is 0.0198. The Kier molecular flexibility index (Phi) is 3.71. The second kappa shape index (κ2) is 5.27. The molecule has 0 bridgehead atoms. The standard InChI is InChI=1S/C12H12ClN3O3/c1-3-15-7-11(16(17)18)12(14-15)19-9-4-5-10(13)8(2)6-9/h4-7H,3H2,1-2H3. The largest absolute Gasteiger partial charge is 0.433 e. The summed E-state index contributed by atoms with van der Waals surface area (Å²) in [6, 6.07) is 5.02. The van der Waals surface area contributed by atoms with E-state index in [1.165, 1.54) is 10.9 Å². The van der Waals surface area contributed by atoms with E-state index in [1.807, 2.05) is 13.8 Å². The predicted molar refractivity (Wildman–Crippen MR) is 70.8 cm³/mol. The Balaban J connectivity index is 2.34. The molecule has 0 amide bonds. The van der Waals surface area contributed by atoms with E-state index in [0.717, 1.165) is 5.56 Å². The molecule has 0 radical (unpaired) electrons. The third kappa shape index (κ3) is 2.85. The first-order chi connectivity index (χ1) is 9.01. The summed E-state index contributed by atoms with van der Waals surface area (Å²) in [6.07, 6.45) is 1.35. The van der Waals surface area contributed by atoms with Crippen molar-refractivity contribution in [2.45, 2.75) is 20.4 Å². The molecule has 1 heterocycles. The maximum Gasteiger partial charge on any atom is 0.350 e. The summed E-state index contributed by atoms with van der Waals surface area (Å²) in [5.74, 6) is 0.444. The van der Waals surface area contributed by atoms with Crippen molar-refractivity contribution in [2.24, 2.45) is 0 Å². The van der Waals surface area contributed by atoms with Gasteiger partial charge in [0.1, 0.15) is 11.9 Å². The van der Waals surface area contributed by atoms with Crippen molar-refractivity contribution in [1.29, 1.82) is 0 Å². The Labute approximate surface area is 114 Å². The van der Waals surface area contributed by atoms with E-state index in [9.17, 15) is 10.1 Å². The zero-order valence-electron chi connectivity index (χ0n) is 10.5. The number of hydrogen-bond acceptors (Lipinski definition) is 4. The van der Waals surface area contributed by atoms with Crippen LogP contribution in [0.4, 0.5) is 5.69 Å². The van der Waals surface area contributed by atoms with Crippen molar-refractivity contribution in [3.63, 3.8) is 0 Å². The molecule has 0 aliphatic rings. The molecule has 0 unspecified atom stereocenters. The van der Waals surface area contributed by atoms with Crippen LogP contribution in [0.15, 0.2) is 24.4 Å². The molecule has 0 spiro atoms. The van der Waals surface area contributed by atoms with E-state index in [-0.39, 0.29) is 11.6 Å². The van der Waals surface area contributed by atoms with Crippen LogP contribution in [0.2, 0.25) is 5.02 Å². The molecule has 2 aromatic rings. The summed E-state index contributed by atoms with van der Waals surface area (Å²) >= 11 is 5.91. The molecule has 0 fully saturated rings. The smallest absolute Gasteiger partial charge is 0.350 e. The Morgan fingerprint density at radius 2 is 2.26 bits per heavy atom. The third-order valence-corrected chi connectivity index (χ3v) is 3.00. The number of halogens is 1. The van der Waals surface area contributed by atoms with E-state index in [0.29, 0.717) is 17.3 Å². The number of benzene rings is 1. The lowest BCUT2D eigenvalue weighted by Gasteiger charge is -2.04. The molecular weight excluding hydrogens is 270 g/mol. The lowest BCUT2D eigenvalue weighted by Crippen LogP contribution is -1.94. The van der Waals surface area contributed by atoms with E-state index in [4.69, 9.17) is 16.3 Å². The first-order valence-electron chi connectivity index (χ1n) is 5.67. The molecule has 0 N–H and O–H groups in total. The average Bonchev–Trinajstić information content (AvgIpc) is 2.77. The van der Waals surface area contributed by atoms with Crippen molar-refractivity contribution >= 4 is 17.3 Å². The Hall–Kier alpha value is -2.08. The van der Waals surface area contributed by atoms with Crippen LogP contribution in [0.3, 0.4) is 0 Å². The zero-order chi connectivity index (χ0) is 14.0. The number of rotatable bonds is 4. The molecule has 6 nitrogen and oxygen atoms in total. The van der Waals surface area contributed by atoms with E-state index < -0.39 is 4.92 Å². The topological polar surface area (TPSA) is 70.2 Å².